The van der Waals surface area contributed by atoms with Crippen LogP contribution in [-0.2, 0) is 17.8 Å². The Balaban J connectivity index is 1.42. The highest BCUT2D eigenvalue weighted by atomic mass is 35.5. The van der Waals surface area contributed by atoms with Crippen LogP contribution in [-0.4, -0.2) is 53.5 Å². The van der Waals surface area contributed by atoms with E-state index in [1.165, 1.54) is 4.90 Å². The van der Waals surface area contributed by atoms with Crippen LogP contribution in [0, 0.1) is 6.92 Å². The molecule has 0 radical (unpaired) electrons. The van der Waals surface area contributed by atoms with Crippen molar-refractivity contribution in [3.8, 4) is 0 Å². The molecule has 2 aliphatic heterocycles. The third-order valence-electron chi connectivity index (χ3n) is 6.43. The maximum Gasteiger partial charge on any atom is 0.282 e. The van der Waals surface area contributed by atoms with Gasteiger partial charge in [0.15, 0.2) is 5.83 Å². The number of rotatable bonds is 3. The Labute approximate surface area is 197 Å². The number of fused-ring (bicyclic) bond motifs is 2. The van der Waals surface area contributed by atoms with Crippen LogP contribution in [0.3, 0.4) is 0 Å². The van der Waals surface area contributed by atoms with Crippen molar-refractivity contribution in [1.29, 1.82) is 0 Å². The van der Waals surface area contributed by atoms with Gasteiger partial charge in [0.2, 0.25) is 0 Å². The topological polar surface area (TPSA) is 52.6 Å². The van der Waals surface area contributed by atoms with Crippen LogP contribution >= 0.6 is 11.6 Å². The number of aromatic nitrogens is 2. The summed E-state index contributed by atoms with van der Waals surface area (Å²) in [4.78, 5) is 27.5. The number of piperazine rings is 1. The van der Waals surface area contributed by atoms with Crippen LogP contribution in [0.2, 0.25) is 5.02 Å². The molecule has 1 amide bonds. The van der Waals surface area contributed by atoms with E-state index in [9.17, 15) is 9.18 Å². The molecule has 3 aromatic rings. The molecule has 5 rings (SSSR count). The van der Waals surface area contributed by atoms with Crippen LogP contribution in [0.1, 0.15) is 17.1 Å². The average Bonchev–Trinajstić information content (AvgIpc) is 2.82. The summed E-state index contributed by atoms with van der Waals surface area (Å²) in [5, 5.41) is 2.93. The van der Waals surface area contributed by atoms with Crippen LogP contribution in [0.5, 0.6) is 0 Å². The first-order valence-corrected chi connectivity index (χ1v) is 11.5. The molecule has 170 valence electrons. The number of carbonyl (C=O) groups excluding carboxylic acids is 1. The fourth-order valence-electron chi connectivity index (χ4n) is 4.83. The average molecular weight is 466 g/mol. The fraction of sp³-hybridized carbons (Fsp3) is 0.320. The minimum atomic E-state index is -0.910. The molecule has 8 heteroatoms. The highest BCUT2D eigenvalue weighted by Gasteiger charge is 2.29. The largest absolute Gasteiger partial charge is 0.365 e. The second kappa shape index (κ2) is 8.63. The van der Waals surface area contributed by atoms with Gasteiger partial charge in [-0.15, -0.1) is 0 Å². The van der Waals surface area contributed by atoms with Gasteiger partial charge in [-0.05, 0) is 30.9 Å². The number of carbonyl (C=O) groups is 1. The lowest BCUT2D eigenvalue weighted by molar-refractivity contribution is -0.128. The zero-order valence-electron chi connectivity index (χ0n) is 18.5. The quantitative estimate of drug-likeness (QED) is 0.540. The van der Waals surface area contributed by atoms with E-state index >= 15 is 0 Å². The molecule has 3 heterocycles. The first-order valence-electron chi connectivity index (χ1n) is 11.1. The molecule has 0 aliphatic carbocycles. The Bertz CT molecular complexity index is 1250. The minimum absolute atomic E-state index is 0.445. The monoisotopic (exact) mass is 465 g/mol. The molecular formula is C25H25ClFN5O. The molecule has 1 fully saturated rings. The van der Waals surface area contributed by atoms with Crippen LogP contribution in [0.25, 0.3) is 10.8 Å². The standard InChI is InChI=1S/C25H25ClFN5O/c1-16(27)25(33)31-13-11-30(12-14-31)24-19-9-10-32(15-21(19)28-17(2)29-24)22-8-4-6-18-5-3-7-20(26)23(18)22/h3-8H,1,9-15H2,2H3. The molecular weight excluding hydrogens is 441 g/mol. The SMILES string of the molecule is C=C(F)C(=O)N1CCN(c2nc(C)nc3c2CCN(c2cccc4cccc(Cl)c24)C3)CC1. The van der Waals surface area contributed by atoms with Crippen LogP contribution in [0.15, 0.2) is 48.8 Å². The van der Waals surface area contributed by atoms with Crippen molar-refractivity contribution in [2.24, 2.45) is 0 Å². The number of aryl methyl sites for hydroxylation is 1. The lowest BCUT2D eigenvalue weighted by Crippen LogP contribution is -2.49. The Morgan fingerprint density at radius 3 is 2.48 bits per heavy atom. The van der Waals surface area contributed by atoms with E-state index in [-0.39, 0.29) is 0 Å². The van der Waals surface area contributed by atoms with Crippen molar-refractivity contribution in [2.75, 3.05) is 42.5 Å². The summed E-state index contributed by atoms with van der Waals surface area (Å²) >= 11 is 6.57. The molecule has 1 saturated heterocycles. The van der Waals surface area contributed by atoms with E-state index in [0.29, 0.717) is 32.7 Å². The lowest BCUT2D eigenvalue weighted by atomic mass is 10.0. The number of benzene rings is 2. The van der Waals surface area contributed by atoms with Gasteiger partial charge in [0.05, 0.1) is 17.3 Å². The normalized spacial score (nSPS) is 16.2. The van der Waals surface area contributed by atoms with Gasteiger partial charge in [0.25, 0.3) is 5.91 Å². The highest BCUT2D eigenvalue weighted by Crippen LogP contribution is 2.36. The van der Waals surface area contributed by atoms with Crippen molar-refractivity contribution in [3.63, 3.8) is 0 Å². The Hall–Kier alpha value is -3.19. The number of hydrogen-bond acceptors (Lipinski definition) is 5. The molecule has 33 heavy (non-hydrogen) atoms. The van der Waals surface area contributed by atoms with Gasteiger partial charge in [-0.3, -0.25) is 4.79 Å². The van der Waals surface area contributed by atoms with Gasteiger partial charge in [0.1, 0.15) is 11.6 Å². The fourth-order valence-corrected chi connectivity index (χ4v) is 5.11. The molecule has 0 N–H and O–H groups in total. The van der Waals surface area contributed by atoms with E-state index in [4.69, 9.17) is 21.6 Å². The summed E-state index contributed by atoms with van der Waals surface area (Å²) in [6, 6.07) is 12.2. The smallest absolute Gasteiger partial charge is 0.282 e. The number of nitrogens with zero attached hydrogens (tertiary/aromatic N) is 5. The van der Waals surface area contributed by atoms with Crippen molar-refractivity contribution < 1.29 is 9.18 Å². The van der Waals surface area contributed by atoms with Crippen molar-refractivity contribution >= 4 is 39.8 Å². The zero-order valence-corrected chi connectivity index (χ0v) is 19.3. The Morgan fingerprint density at radius 2 is 1.76 bits per heavy atom. The van der Waals surface area contributed by atoms with Gasteiger partial charge < -0.3 is 14.7 Å². The maximum absolute atomic E-state index is 13.2. The van der Waals surface area contributed by atoms with Gasteiger partial charge in [-0.1, -0.05) is 42.4 Å². The third kappa shape index (κ3) is 4.02. The summed E-state index contributed by atoms with van der Waals surface area (Å²) in [7, 11) is 0. The van der Waals surface area contributed by atoms with Crippen molar-refractivity contribution in [3.05, 3.63) is 70.9 Å². The van der Waals surface area contributed by atoms with E-state index in [0.717, 1.165) is 57.3 Å². The van der Waals surface area contributed by atoms with E-state index < -0.39 is 11.7 Å². The molecule has 0 bridgehead atoms. The second-order valence-electron chi connectivity index (χ2n) is 8.49. The Morgan fingerprint density at radius 1 is 1.03 bits per heavy atom. The lowest BCUT2D eigenvalue weighted by Gasteiger charge is -2.38. The first-order chi connectivity index (χ1) is 15.9. The number of halogens is 2. The van der Waals surface area contributed by atoms with Gasteiger partial charge in [-0.25, -0.2) is 14.4 Å². The molecule has 1 aromatic heterocycles. The van der Waals surface area contributed by atoms with Gasteiger partial charge >= 0.3 is 0 Å². The molecule has 2 aromatic carbocycles. The first kappa shape index (κ1) is 21.6. The van der Waals surface area contributed by atoms with E-state index in [2.05, 4.69) is 40.6 Å². The minimum Gasteiger partial charge on any atom is -0.365 e. The van der Waals surface area contributed by atoms with Crippen LogP contribution < -0.4 is 9.80 Å². The van der Waals surface area contributed by atoms with Crippen molar-refractivity contribution in [1.82, 2.24) is 14.9 Å². The molecule has 0 unspecified atom stereocenters. The van der Waals surface area contributed by atoms with Gasteiger partial charge in [0, 0.05) is 49.4 Å². The summed E-state index contributed by atoms with van der Waals surface area (Å²) in [5.74, 6) is 0.115. The predicted molar refractivity (Wildman–Crippen MR) is 130 cm³/mol. The van der Waals surface area contributed by atoms with E-state index in [1.54, 1.807) is 0 Å². The zero-order chi connectivity index (χ0) is 23.1. The van der Waals surface area contributed by atoms with E-state index in [1.807, 2.05) is 19.1 Å². The predicted octanol–water partition coefficient (Wildman–Crippen LogP) is 4.29. The number of amides is 1. The third-order valence-corrected chi connectivity index (χ3v) is 6.74. The summed E-state index contributed by atoms with van der Waals surface area (Å²) in [6.45, 7) is 8.63. The molecule has 0 saturated carbocycles. The highest BCUT2D eigenvalue weighted by molar-refractivity contribution is 6.36. The van der Waals surface area contributed by atoms with Crippen LogP contribution in [0.4, 0.5) is 15.9 Å². The summed E-state index contributed by atoms with van der Waals surface area (Å²) in [5.41, 5.74) is 3.28. The molecule has 0 spiro atoms. The van der Waals surface area contributed by atoms with Gasteiger partial charge in [-0.2, -0.15) is 0 Å². The second-order valence-corrected chi connectivity index (χ2v) is 8.90. The number of anilines is 2. The molecule has 6 nitrogen and oxygen atoms in total. The maximum atomic E-state index is 13.2. The van der Waals surface area contributed by atoms with Crippen molar-refractivity contribution in [2.45, 2.75) is 19.9 Å². The summed E-state index contributed by atoms with van der Waals surface area (Å²) in [6.07, 6.45) is 0.812. The molecule has 0 atom stereocenters. The summed E-state index contributed by atoms with van der Waals surface area (Å²) < 4.78 is 13.2. The number of hydrogen-bond donors (Lipinski definition) is 0. The Kier molecular flexibility index (Phi) is 5.66. The molecule has 2 aliphatic rings.